The molecule has 1 heterocycles. The number of hydrogen-bond acceptors (Lipinski definition) is 3. The van der Waals surface area contributed by atoms with Crippen LogP contribution in [-0.2, 0) is 0 Å². The highest BCUT2D eigenvalue weighted by Crippen LogP contribution is 2.38. The molecule has 2 atom stereocenters. The molecule has 0 aliphatic heterocycles. The van der Waals surface area contributed by atoms with E-state index < -0.39 is 5.97 Å². The summed E-state index contributed by atoms with van der Waals surface area (Å²) < 4.78 is 5.08. The summed E-state index contributed by atoms with van der Waals surface area (Å²) in [6.45, 7) is 6.78. The van der Waals surface area contributed by atoms with Crippen LogP contribution in [0.1, 0.15) is 48.1 Å². The van der Waals surface area contributed by atoms with E-state index in [1.54, 1.807) is 4.90 Å². The monoisotopic (exact) mass is 265 g/mol. The lowest BCUT2D eigenvalue weighted by atomic mass is 10.2. The molecule has 1 saturated carbocycles. The van der Waals surface area contributed by atoms with E-state index in [1.165, 1.54) is 6.07 Å². The van der Waals surface area contributed by atoms with Crippen molar-refractivity contribution in [2.45, 2.75) is 33.2 Å². The molecule has 0 aromatic carbocycles. The quantitative estimate of drug-likeness (QED) is 0.887. The molecule has 1 N–H and O–H groups in total. The first-order valence-corrected chi connectivity index (χ1v) is 6.53. The van der Waals surface area contributed by atoms with Crippen LogP contribution in [0, 0.1) is 11.8 Å². The number of carbonyl (C=O) groups excluding carboxylic acids is 1. The lowest BCUT2D eigenvalue weighted by Gasteiger charge is -2.26. The molecule has 0 unspecified atom stereocenters. The van der Waals surface area contributed by atoms with E-state index in [-0.39, 0.29) is 23.3 Å². The van der Waals surface area contributed by atoms with Gasteiger partial charge in [0, 0.05) is 18.7 Å². The largest absolute Gasteiger partial charge is 0.478 e. The summed E-state index contributed by atoms with van der Waals surface area (Å²) in [5, 5.41) is 8.83. The number of carboxylic acid groups (broad SMARTS) is 1. The number of carbonyl (C=O) groups is 2. The number of aromatic carboxylic acids is 1. The predicted octanol–water partition coefficient (Wildman–Crippen LogP) is 2.48. The van der Waals surface area contributed by atoms with Crippen molar-refractivity contribution in [2.24, 2.45) is 11.8 Å². The molecule has 0 radical (unpaired) electrons. The van der Waals surface area contributed by atoms with Crippen LogP contribution >= 0.6 is 0 Å². The predicted molar refractivity (Wildman–Crippen MR) is 69.1 cm³/mol. The van der Waals surface area contributed by atoms with Gasteiger partial charge in [-0.25, -0.2) is 4.79 Å². The summed E-state index contributed by atoms with van der Waals surface area (Å²) in [7, 11) is 0. The number of furan rings is 1. The fourth-order valence-electron chi connectivity index (χ4n) is 2.14. The van der Waals surface area contributed by atoms with Gasteiger partial charge in [-0.2, -0.15) is 0 Å². The zero-order chi connectivity index (χ0) is 14.2. The minimum Gasteiger partial charge on any atom is -0.478 e. The number of nitrogens with zero attached hydrogens (tertiary/aromatic N) is 1. The number of hydrogen-bond donors (Lipinski definition) is 1. The fraction of sp³-hybridized carbons (Fsp3) is 0.571. The first-order valence-electron chi connectivity index (χ1n) is 6.53. The highest BCUT2D eigenvalue weighted by Gasteiger charge is 2.36. The van der Waals surface area contributed by atoms with Crippen molar-refractivity contribution in [1.29, 1.82) is 0 Å². The van der Waals surface area contributed by atoms with Gasteiger partial charge >= 0.3 is 5.97 Å². The smallest absolute Gasteiger partial charge is 0.338 e. The summed E-state index contributed by atoms with van der Waals surface area (Å²) >= 11 is 0. The SMILES string of the molecule is CC(C)N(C[C@H]1C[C@@H]1C)C(=O)c1cc(C(=O)O)co1. The molecule has 0 spiro atoms. The molecule has 1 aliphatic carbocycles. The van der Waals surface area contributed by atoms with Gasteiger partial charge in [0.15, 0.2) is 5.76 Å². The van der Waals surface area contributed by atoms with Gasteiger partial charge in [0.25, 0.3) is 5.91 Å². The van der Waals surface area contributed by atoms with Crippen molar-refractivity contribution in [1.82, 2.24) is 4.90 Å². The van der Waals surface area contributed by atoms with Crippen molar-refractivity contribution in [2.75, 3.05) is 6.54 Å². The van der Waals surface area contributed by atoms with E-state index in [0.717, 1.165) is 12.7 Å². The molecule has 2 rings (SSSR count). The average molecular weight is 265 g/mol. The standard InChI is InChI=1S/C14H19NO4/c1-8(2)15(6-10-4-9(10)3)13(16)12-5-11(7-19-12)14(17)18/h5,7-10H,4,6H2,1-3H3,(H,17,18)/t9-,10+/m0/s1. The summed E-state index contributed by atoms with van der Waals surface area (Å²) in [5.74, 6) is -0.00352. The number of carboxylic acids is 1. The van der Waals surface area contributed by atoms with Crippen LogP contribution in [0.5, 0.6) is 0 Å². The van der Waals surface area contributed by atoms with Crippen LogP contribution in [0.3, 0.4) is 0 Å². The Hall–Kier alpha value is -1.78. The summed E-state index contributed by atoms with van der Waals surface area (Å²) in [4.78, 5) is 24.9. The average Bonchev–Trinajstić information content (AvgIpc) is 2.84. The van der Waals surface area contributed by atoms with Gasteiger partial charge in [0.1, 0.15) is 6.26 Å². The Morgan fingerprint density at radius 3 is 2.58 bits per heavy atom. The Morgan fingerprint density at radius 1 is 1.53 bits per heavy atom. The Labute approximate surface area is 112 Å². The van der Waals surface area contributed by atoms with Crippen LogP contribution in [0.15, 0.2) is 16.7 Å². The van der Waals surface area contributed by atoms with Crippen LogP contribution in [0.2, 0.25) is 0 Å². The third kappa shape index (κ3) is 2.97. The second kappa shape index (κ2) is 5.07. The first kappa shape index (κ1) is 13.6. The van der Waals surface area contributed by atoms with Crippen molar-refractivity contribution >= 4 is 11.9 Å². The molecule has 19 heavy (non-hydrogen) atoms. The Bertz CT molecular complexity index is 491. The van der Waals surface area contributed by atoms with Crippen LogP contribution in [-0.4, -0.2) is 34.5 Å². The summed E-state index contributed by atoms with van der Waals surface area (Å²) in [6.07, 6.45) is 2.25. The van der Waals surface area contributed by atoms with Crippen molar-refractivity contribution < 1.29 is 19.1 Å². The second-order valence-electron chi connectivity index (χ2n) is 5.53. The van der Waals surface area contributed by atoms with Gasteiger partial charge in [-0.15, -0.1) is 0 Å². The van der Waals surface area contributed by atoms with Crippen molar-refractivity contribution in [3.63, 3.8) is 0 Å². The molecule has 0 bridgehead atoms. The number of amides is 1. The summed E-state index contributed by atoms with van der Waals surface area (Å²) in [6, 6.07) is 1.36. The van der Waals surface area contributed by atoms with E-state index >= 15 is 0 Å². The van der Waals surface area contributed by atoms with E-state index in [4.69, 9.17) is 9.52 Å². The zero-order valence-corrected chi connectivity index (χ0v) is 11.4. The molecule has 1 aliphatic rings. The molecule has 0 saturated heterocycles. The minimum atomic E-state index is -1.09. The molecular formula is C14H19NO4. The summed E-state index contributed by atoms with van der Waals surface area (Å²) in [5.41, 5.74) is 0.00634. The van der Waals surface area contributed by atoms with Crippen LogP contribution in [0.25, 0.3) is 0 Å². The molecule has 1 aromatic heterocycles. The molecular weight excluding hydrogens is 246 g/mol. The zero-order valence-electron chi connectivity index (χ0n) is 11.4. The van der Waals surface area contributed by atoms with Gasteiger partial charge in [0.2, 0.25) is 0 Å². The first-order chi connectivity index (χ1) is 8.90. The maximum absolute atomic E-state index is 12.3. The highest BCUT2D eigenvalue weighted by molar-refractivity contribution is 5.95. The van der Waals surface area contributed by atoms with E-state index in [0.29, 0.717) is 18.4 Å². The molecule has 1 aromatic rings. The Morgan fingerprint density at radius 2 is 2.16 bits per heavy atom. The third-order valence-corrected chi connectivity index (χ3v) is 3.65. The molecule has 1 amide bonds. The normalized spacial score (nSPS) is 21.5. The van der Waals surface area contributed by atoms with Crippen molar-refractivity contribution in [3.8, 4) is 0 Å². The van der Waals surface area contributed by atoms with Gasteiger partial charge in [0.05, 0.1) is 5.56 Å². The molecule has 104 valence electrons. The maximum Gasteiger partial charge on any atom is 0.338 e. The number of rotatable bonds is 5. The van der Waals surface area contributed by atoms with Gasteiger partial charge in [-0.1, -0.05) is 6.92 Å². The van der Waals surface area contributed by atoms with Gasteiger partial charge in [-0.3, -0.25) is 4.79 Å². The van der Waals surface area contributed by atoms with Gasteiger partial charge < -0.3 is 14.4 Å². The van der Waals surface area contributed by atoms with Gasteiger partial charge in [-0.05, 0) is 32.1 Å². The van der Waals surface area contributed by atoms with Crippen LogP contribution in [0.4, 0.5) is 0 Å². The highest BCUT2D eigenvalue weighted by atomic mass is 16.4. The fourth-order valence-corrected chi connectivity index (χ4v) is 2.14. The van der Waals surface area contributed by atoms with E-state index in [2.05, 4.69) is 6.92 Å². The molecule has 1 fully saturated rings. The second-order valence-corrected chi connectivity index (χ2v) is 5.53. The molecule has 5 heteroatoms. The topological polar surface area (TPSA) is 70.8 Å². The molecule has 5 nitrogen and oxygen atoms in total. The minimum absolute atomic E-state index is 0.00634. The lowest BCUT2D eigenvalue weighted by molar-refractivity contribution is 0.0659. The lowest BCUT2D eigenvalue weighted by Crippen LogP contribution is -2.38. The van der Waals surface area contributed by atoms with E-state index in [1.807, 2.05) is 13.8 Å². The van der Waals surface area contributed by atoms with E-state index in [9.17, 15) is 9.59 Å². The maximum atomic E-state index is 12.3. The Balaban J connectivity index is 2.11. The van der Waals surface area contributed by atoms with Crippen molar-refractivity contribution in [3.05, 3.63) is 23.7 Å². The van der Waals surface area contributed by atoms with Crippen LogP contribution < -0.4 is 0 Å². The Kier molecular flexibility index (Phi) is 3.64. The third-order valence-electron chi connectivity index (χ3n) is 3.65.